The van der Waals surface area contributed by atoms with Gasteiger partial charge in [0.1, 0.15) is 0 Å². The summed E-state index contributed by atoms with van der Waals surface area (Å²) in [7, 11) is 0. The van der Waals surface area contributed by atoms with Gasteiger partial charge in [-0.25, -0.2) is 0 Å². The molecule has 0 N–H and O–H groups in total. The number of aryl methyl sites for hydroxylation is 1. The Morgan fingerprint density at radius 2 is 1.67 bits per heavy atom. The maximum Gasteiger partial charge on any atom is 0.416 e. The predicted molar refractivity (Wildman–Crippen MR) is 69.8 cm³/mol. The molecule has 0 spiro atoms. The molecule has 1 fully saturated rings. The summed E-state index contributed by atoms with van der Waals surface area (Å²) in [6, 6.07) is 5.60. The van der Waals surface area contributed by atoms with Crippen LogP contribution in [0.5, 0.6) is 0 Å². The van der Waals surface area contributed by atoms with Crippen molar-refractivity contribution in [3.8, 4) is 0 Å². The molecule has 0 aromatic heterocycles. The molecule has 1 aliphatic rings. The van der Waals surface area contributed by atoms with Gasteiger partial charge in [0, 0.05) is 0 Å². The molecule has 0 bridgehead atoms. The van der Waals surface area contributed by atoms with Crippen LogP contribution in [-0.2, 0) is 12.6 Å². The van der Waals surface area contributed by atoms with Crippen molar-refractivity contribution in [3.63, 3.8) is 0 Å². The quantitative estimate of drug-likeness (QED) is 0.764. The first-order valence-electron chi connectivity index (χ1n) is 6.29. The van der Waals surface area contributed by atoms with Crippen molar-refractivity contribution >= 4 is 11.8 Å². The van der Waals surface area contributed by atoms with E-state index < -0.39 is 11.7 Å². The Labute approximate surface area is 110 Å². The number of rotatable bonds is 3. The fourth-order valence-electron chi connectivity index (χ4n) is 2.27. The van der Waals surface area contributed by atoms with Crippen molar-refractivity contribution in [1.29, 1.82) is 0 Å². The highest BCUT2D eigenvalue weighted by Crippen LogP contribution is 2.30. The second kappa shape index (κ2) is 6.00. The van der Waals surface area contributed by atoms with E-state index in [4.69, 9.17) is 0 Å². The van der Waals surface area contributed by atoms with Crippen LogP contribution in [0.15, 0.2) is 24.3 Å². The molecule has 1 aromatic rings. The van der Waals surface area contributed by atoms with Crippen molar-refractivity contribution in [2.45, 2.75) is 31.9 Å². The summed E-state index contributed by atoms with van der Waals surface area (Å²) < 4.78 is 37.2. The molecule has 0 aliphatic carbocycles. The van der Waals surface area contributed by atoms with Crippen LogP contribution in [0.1, 0.15) is 30.4 Å². The monoisotopic (exact) mass is 274 g/mol. The van der Waals surface area contributed by atoms with Gasteiger partial charge in [-0.2, -0.15) is 24.9 Å². The van der Waals surface area contributed by atoms with Crippen molar-refractivity contribution in [2.75, 3.05) is 11.5 Å². The van der Waals surface area contributed by atoms with Gasteiger partial charge in [-0.3, -0.25) is 0 Å². The average molecular weight is 274 g/mol. The molecule has 0 amide bonds. The van der Waals surface area contributed by atoms with Crippen LogP contribution >= 0.6 is 11.8 Å². The normalized spacial score (nSPS) is 17.9. The van der Waals surface area contributed by atoms with E-state index in [9.17, 15) is 13.2 Å². The minimum Gasteiger partial charge on any atom is -0.166 e. The topological polar surface area (TPSA) is 0 Å². The third kappa shape index (κ3) is 3.94. The molecule has 1 heterocycles. The van der Waals surface area contributed by atoms with Gasteiger partial charge in [-0.05, 0) is 60.8 Å². The number of hydrogen-bond donors (Lipinski definition) is 0. The van der Waals surface area contributed by atoms with E-state index in [1.165, 1.54) is 36.5 Å². The Balaban J connectivity index is 1.86. The van der Waals surface area contributed by atoms with E-state index in [1.54, 1.807) is 12.1 Å². The number of alkyl halides is 3. The zero-order valence-corrected chi connectivity index (χ0v) is 11.0. The molecule has 1 saturated heterocycles. The van der Waals surface area contributed by atoms with Crippen LogP contribution in [0, 0.1) is 5.92 Å². The summed E-state index contributed by atoms with van der Waals surface area (Å²) in [5.74, 6) is 3.23. The summed E-state index contributed by atoms with van der Waals surface area (Å²) >= 11 is 2.00. The Bertz CT molecular complexity index is 364. The van der Waals surface area contributed by atoms with Gasteiger partial charge in [0.25, 0.3) is 0 Å². The molecule has 0 unspecified atom stereocenters. The number of halogens is 3. The molecule has 100 valence electrons. The predicted octanol–water partition coefficient (Wildman–Crippen LogP) is 4.78. The van der Waals surface area contributed by atoms with Crippen molar-refractivity contribution in [2.24, 2.45) is 5.92 Å². The van der Waals surface area contributed by atoms with Crippen LogP contribution in [0.4, 0.5) is 13.2 Å². The molecular formula is C14H17F3S. The maximum absolute atomic E-state index is 12.4. The van der Waals surface area contributed by atoms with Gasteiger partial charge in [-0.15, -0.1) is 0 Å². The smallest absolute Gasteiger partial charge is 0.166 e. The first-order chi connectivity index (χ1) is 8.55. The highest BCUT2D eigenvalue weighted by Gasteiger charge is 2.29. The number of hydrogen-bond acceptors (Lipinski definition) is 1. The zero-order valence-electron chi connectivity index (χ0n) is 10.2. The van der Waals surface area contributed by atoms with E-state index in [0.717, 1.165) is 24.3 Å². The SMILES string of the molecule is FC(F)(F)c1ccc(CCC2CCSCC2)cc1. The Kier molecular flexibility index (Phi) is 4.60. The molecule has 2 rings (SSSR count). The van der Waals surface area contributed by atoms with Crippen molar-refractivity contribution in [3.05, 3.63) is 35.4 Å². The van der Waals surface area contributed by atoms with Gasteiger partial charge in [0.05, 0.1) is 5.56 Å². The molecule has 0 saturated carbocycles. The highest BCUT2D eigenvalue weighted by molar-refractivity contribution is 7.99. The first-order valence-corrected chi connectivity index (χ1v) is 7.45. The van der Waals surface area contributed by atoms with Gasteiger partial charge >= 0.3 is 6.18 Å². The van der Waals surface area contributed by atoms with Crippen LogP contribution < -0.4 is 0 Å². The fourth-order valence-corrected chi connectivity index (χ4v) is 3.47. The van der Waals surface area contributed by atoms with E-state index >= 15 is 0 Å². The van der Waals surface area contributed by atoms with E-state index in [-0.39, 0.29) is 0 Å². The summed E-state index contributed by atoms with van der Waals surface area (Å²) in [6.07, 6.45) is 0.287. The largest absolute Gasteiger partial charge is 0.416 e. The standard InChI is InChI=1S/C14H17F3S/c15-14(16,17)13-5-3-11(4-6-13)1-2-12-7-9-18-10-8-12/h3-6,12H,1-2,7-10H2. The molecular weight excluding hydrogens is 257 g/mol. The lowest BCUT2D eigenvalue weighted by Gasteiger charge is -2.21. The Morgan fingerprint density at radius 3 is 2.22 bits per heavy atom. The summed E-state index contributed by atoms with van der Waals surface area (Å²) in [6.45, 7) is 0. The summed E-state index contributed by atoms with van der Waals surface area (Å²) in [5.41, 5.74) is 0.460. The van der Waals surface area contributed by atoms with Crippen molar-refractivity contribution in [1.82, 2.24) is 0 Å². The number of thioether (sulfide) groups is 1. The Hall–Kier alpha value is -0.640. The molecule has 18 heavy (non-hydrogen) atoms. The van der Waals surface area contributed by atoms with Crippen molar-refractivity contribution < 1.29 is 13.2 Å². The lowest BCUT2D eigenvalue weighted by molar-refractivity contribution is -0.137. The second-order valence-corrected chi connectivity index (χ2v) is 6.01. The minimum atomic E-state index is -4.22. The van der Waals surface area contributed by atoms with Gasteiger partial charge in [0.2, 0.25) is 0 Å². The first kappa shape index (κ1) is 13.8. The lowest BCUT2D eigenvalue weighted by Crippen LogP contribution is -2.10. The highest BCUT2D eigenvalue weighted by atomic mass is 32.2. The minimum absolute atomic E-state index is 0.555. The third-order valence-corrected chi connectivity index (χ3v) is 4.51. The molecule has 0 nitrogen and oxygen atoms in total. The molecule has 0 radical (unpaired) electrons. The van der Waals surface area contributed by atoms with E-state index in [2.05, 4.69) is 0 Å². The van der Waals surface area contributed by atoms with Crippen LogP contribution in [0.2, 0.25) is 0 Å². The third-order valence-electron chi connectivity index (χ3n) is 3.46. The summed E-state index contributed by atoms with van der Waals surface area (Å²) in [5, 5.41) is 0. The molecule has 1 aromatic carbocycles. The van der Waals surface area contributed by atoms with Gasteiger partial charge < -0.3 is 0 Å². The maximum atomic E-state index is 12.4. The Morgan fingerprint density at radius 1 is 1.06 bits per heavy atom. The van der Waals surface area contributed by atoms with Crippen LogP contribution in [-0.4, -0.2) is 11.5 Å². The second-order valence-electron chi connectivity index (χ2n) is 4.79. The van der Waals surface area contributed by atoms with E-state index in [0.29, 0.717) is 0 Å². The average Bonchev–Trinajstić information content (AvgIpc) is 2.37. The lowest BCUT2D eigenvalue weighted by atomic mass is 9.94. The van der Waals surface area contributed by atoms with Gasteiger partial charge in [-0.1, -0.05) is 12.1 Å². The molecule has 1 aliphatic heterocycles. The van der Waals surface area contributed by atoms with Crippen LogP contribution in [0.25, 0.3) is 0 Å². The number of benzene rings is 1. The van der Waals surface area contributed by atoms with E-state index in [1.807, 2.05) is 11.8 Å². The zero-order chi connectivity index (χ0) is 13.0. The van der Waals surface area contributed by atoms with Crippen LogP contribution in [0.3, 0.4) is 0 Å². The molecule has 4 heteroatoms. The molecule has 0 atom stereocenters. The van der Waals surface area contributed by atoms with Gasteiger partial charge in [0.15, 0.2) is 0 Å². The fraction of sp³-hybridized carbons (Fsp3) is 0.571. The summed E-state index contributed by atoms with van der Waals surface area (Å²) in [4.78, 5) is 0.